The highest BCUT2D eigenvalue weighted by molar-refractivity contribution is 7.13. The molecular formula is C4ClF11Si. The Balaban J connectivity index is 5.73. The lowest BCUT2D eigenvalue weighted by molar-refractivity contribution is -0.385. The molecule has 0 aromatic heterocycles. The van der Waals surface area contributed by atoms with Gasteiger partial charge in [-0.3, -0.25) is 0 Å². The van der Waals surface area contributed by atoms with E-state index in [4.69, 9.17) is 0 Å². The van der Waals surface area contributed by atoms with Crippen molar-refractivity contribution in [1.82, 2.24) is 0 Å². The van der Waals surface area contributed by atoms with Crippen LogP contribution in [0.4, 0.5) is 47.7 Å². The zero-order valence-corrected chi connectivity index (χ0v) is 8.79. The van der Waals surface area contributed by atoms with Crippen LogP contribution >= 0.6 is 11.1 Å². The molecule has 0 aromatic carbocycles. The quantitative estimate of drug-likeness (QED) is 0.417. The Morgan fingerprint density at radius 2 is 0.941 bits per heavy atom. The van der Waals surface area contributed by atoms with Crippen LogP contribution in [-0.4, -0.2) is 31.6 Å². The van der Waals surface area contributed by atoms with Gasteiger partial charge in [0.05, 0.1) is 0 Å². The highest BCUT2D eigenvalue weighted by Crippen LogP contribution is 2.56. The number of halogens is 12. The normalized spacial score (nSPS) is 16.2. The highest BCUT2D eigenvalue weighted by atomic mass is 35.6. The molecule has 0 aromatic rings. The Morgan fingerprint density at radius 3 is 1.12 bits per heavy atom. The van der Waals surface area contributed by atoms with Crippen molar-refractivity contribution in [2.75, 3.05) is 0 Å². The standard InChI is InChI=1S/C4ClF11Si/c5-17(15,16)4(13,14)2(8,9)1(6,7)3(10,11)12. The van der Waals surface area contributed by atoms with Crippen LogP contribution in [0.2, 0.25) is 0 Å². The molecule has 0 fully saturated rings. The fraction of sp³-hybridized carbons (Fsp3) is 1.00. The minimum atomic E-state index is -7.80. The maximum atomic E-state index is 12.2. The molecule has 0 rings (SSSR count). The van der Waals surface area contributed by atoms with Gasteiger partial charge in [0.1, 0.15) is 0 Å². The predicted octanol–water partition coefficient (Wildman–Crippen LogP) is 4.11. The lowest BCUT2D eigenvalue weighted by Crippen LogP contribution is -2.66. The molecule has 13 heteroatoms. The Hall–Kier alpha value is -0.263. The fourth-order valence-corrected chi connectivity index (χ4v) is 1.42. The van der Waals surface area contributed by atoms with Gasteiger partial charge >= 0.3 is 31.6 Å². The molecule has 0 saturated carbocycles. The second-order valence-electron chi connectivity index (χ2n) is 2.72. The van der Waals surface area contributed by atoms with Crippen LogP contribution in [0.3, 0.4) is 0 Å². The highest BCUT2D eigenvalue weighted by Gasteiger charge is 2.88. The number of hydrogen-bond donors (Lipinski definition) is 0. The summed E-state index contributed by atoms with van der Waals surface area (Å²) in [7, 11) is -7.80. The SMILES string of the molecule is FC(F)(F)C(F)(F)C(F)(F)C(F)(F)[Si](F)(F)Cl. The maximum Gasteiger partial charge on any atom is 0.597 e. The van der Waals surface area contributed by atoms with E-state index in [9.17, 15) is 47.7 Å². The van der Waals surface area contributed by atoms with Crippen molar-refractivity contribution in [3.8, 4) is 0 Å². The van der Waals surface area contributed by atoms with E-state index in [0.29, 0.717) is 0 Å². The summed E-state index contributed by atoms with van der Waals surface area (Å²) in [6, 6.07) is 0. The van der Waals surface area contributed by atoms with E-state index in [1.54, 1.807) is 0 Å². The van der Waals surface area contributed by atoms with Gasteiger partial charge in [-0.2, -0.15) is 39.5 Å². The Morgan fingerprint density at radius 1 is 0.647 bits per heavy atom. The molecule has 0 nitrogen and oxygen atoms in total. The van der Waals surface area contributed by atoms with Gasteiger partial charge in [-0.1, -0.05) is 11.1 Å². The summed E-state index contributed by atoms with van der Waals surface area (Å²) < 4.78 is 131. The number of rotatable bonds is 3. The molecule has 0 heterocycles. The van der Waals surface area contributed by atoms with Gasteiger partial charge in [0.25, 0.3) is 0 Å². The monoisotopic (exact) mass is 320 g/mol. The average molecular weight is 321 g/mol. The van der Waals surface area contributed by atoms with Gasteiger partial charge in [0.15, 0.2) is 0 Å². The van der Waals surface area contributed by atoms with Crippen molar-refractivity contribution in [2.45, 2.75) is 23.6 Å². The van der Waals surface area contributed by atoms with Crippen LogP contribution in [0.25, 0.3) is 0 Å². The summed E-state index contributed by atoms with van der Waals surface area (Å²) in [6.45, 7) is 0. The van der Waals surface area contributed by atoms with E-state index < -0.39 is 31.6 Å². The molecule has 0 atom stereocenters. The smallest absolute Gasteiger partial charge is 0.247 e. The van der Waals surface area contributed by atoms with E-state index in [1.165, 1.54) is 0 Å². The molecule has 17 heavy (non-hydrogen) atoms. The molecular weight excluding hydrogens is 321 g/mol. The van der Waals surface area contributed by atoms with Gasteiger partial charge in [-0.25, -0.2) is 8.22 Å². The topological polar surface area (TPSA) is 0 Å². The fourth-order valence-electron chi connectivity index (χ4n) is 0.553. The summed E-state index contributed by atoms with van der Waals surface area (Å²) in [5, 5.41) is 0. The van der Waals surface area contributed by atoms with E-state index in [0.717, 1.165) is 0 Å². The minimum absolute atomic E-state index is 3.54. The van der Waals surface area contributed by atoms with E-state index >= 15 is 0 Å². The molecule has 0 amide bonds. The van der Waals surface area contributed by atoms with Crippen molar-refractivity contribution >= 4 is 19.1 Å². The zero-order chi connectivity index (χ0) is 14.5. The molecule has 0 N–H and O–H groups in total. The van der Waals surface area contributed by atoms with Gasteiger partial charge in [-0.05, 0) is 0 Å². The first-order chi connectivity index (χ1) is 7.00. The van der Waals surface area contributed by atoms with Crippen LogP contribution < -0.4 is 0 Å². The summed E-state index contributed by atoms with van der Waals surface area (Å²) >= 11 is 3.54. The lowest BCUT2D eigenvalue weighted by atomic mass is 10.1. The molecule has 0 aliphatic carbocycles. The van der Waals surface area contributed by atoms with E-state index in [-0.39, 0.29) is 0 Å². The van der Waals surface area contributed by atoms with E-state index in [1.807, 2.05) is 0 Å². The zero-order valence-electron chi connectivity index (χ0n) is 7.04. The lowest BCUT2D eigenvalue weighted by Gasteiger charge is -2.34. The van der Waals surface area contributed by atoms with Crippen LogP contribution in [0.15, 0.2) is 0 Å². The van der Waals surface area contributed by atoms with Gasteiger partial charge in [-0.15, -0.1) is 0 Å². The number of hydrogen-bond acceptors (Lipinski definition) is 0. The molecule has 0 bridgehead atoms. The molecule has 0 unspecified atom stereocenters. The van der Waals surface area contributed by atoms with Crippen molar-refractivity contribution in [1.29, 1.82) is 0 Å². The minimum Gasteiger partial charge on any atom is -0.247 e. The van der Waals surface area contributed by atoms with Gasteiger partial charge in [0.2, 0.25) is 0 Å². The Labute approximate surface area is 91.4 Å². The number of alkyl halides is 9. The summed E-state index contributed by atoms with van der Waals surface area (Å²) in [6.07, 6.45) is -7.13. The first-order valence-corrected chi connectivity index (χ1v) is 6.04. The Kier molecular flexibility index (Phi) is 3.81. The predicted molar refractivity (Wildman–Crippen MR) is 34.7 cm³/mol. The van der Waals surface area contributed by atoms with Crippen LogP contribution in [0.1, 0.15) is 0 Å². The second kappa shape index (κ2) is 3.86. The first-order valence-electron chi connectivity index (χ1n) is 3.27. The molecule has 0 radical (unpaired) electrons. The first kappa shape index (κ1) is 16.7. The van der Waals surface area contributed by atoms with Crippen molar-refractivity contribution in [3.63, 3.8) is 0 Å². The summed E-state index contributed by atoms with van der Waals surface area (Å²) in [5.74, 6) is -14.7. The third-order valence-corrected chi connectivity index (χ3v) is 3.24. The van der Waals surface area contributed by atoms with Crippen molar-refractivity contribution < 1.29 is 47.7 Å². The third-order valence-electron chi connectivity index (χ3n) is 1.50. The maximum absolute atomic E-state index is 12.2. The molecule has 104 valence electrons. The van der Waals surface area contributed by atoms with Gasteiger partial charge in [0, 0.05) is 0 Å². The molecule has 0 aliphatic heterocycles. The molecule has 0 saturated heterocycles. The Bertz CT molecular complexity index is 259. The summed E-state index contributed by atoms with van der Waals surface area (Å²) in [4.78, 5) is 0. The van der Waals surface area contributed by atoms with Crippen LogP contribution in [0.5, 0.6) is 0 Å². The van der Waals surface area contributed by atoms with Crippen molar-refractivity contribution in [3.05, 3.63) is 0 Å². The third kappa shape index (κ3) is 2.33. The average Bonchev–Trinajstić information content (AvgIpc) is 1.98. The second-order valence-corrected chi connectivity index (χ2v) is 5.77. The largest absolute Gasteiger partial charge is 0.597 e. The van der Waals surface area contributed by atoms with Crippen molar-refractivity contribution in [2.24, 2.45) is 0 Å². The van der Waals surface area contributed by atoms with E-state index in [2.05, 4.69) is 11.1 Å². The van der Waals surface area contributed by atoms with Crippen LogP contribution in [0, 0.1) is 0 Å². The van der Waals surface area contributed by atoms with Gasteiger partial charge < -0.3 is 0 Å². The molecule has 0 spiro atoms. The summed E-state index contributed by atoms with van der Waals surface area (Å²) in [5.41, 5.74) is -6.96. The van der Waals surface area contributed by atoms with Crippen LogP contribution in [-0.2, 0) is 0 Å². The molecule has 0 aliphatic rings.